The number of nitrogens with zero attached hydrogens (tertiary/aromatic N) is 4. The lowest BCUT2D eigenvalue weighted by molar-refractivity contribution is 0.361. The monoisotopic (exact) mass is 428 g/mol. The van der Waals surface area contributed by atoms with Gasteiger partial charge in [0.2, 0.25) is 11.0 Å². The highest BCUT2D eigenvalue weighted by Gasteiger charge is 2.33. The van der Waals surface area contributed by atoms with Gasteiger partial charge in [0.25, 0.3) is 15.9 Å². The lowest BCUT2D eigenvalue weighted by Gasteiger charge is -2.35. The second-order valence-electron chi connectivity index (χ2n) is 8.06. The van der Waals surface area contributed by atoms with Gasteiger partial charge in [0, 0.05) is 43.9 Å². The summed E-state index contributed by atoms with van der Waals surface area (Å²) >= 11 is 0. The van der Waals surface area contributed by atoms with Crippen LogP contribution in [0.15, 0.2) is 44.5 Å². The van der Waals surface area contributed by atoms with Gasteiger partial charge in [0.1, 0.15) is 6.26 Å². The average Bonchev–Trinajstić information content (AvgIpc) is 3.26. The van der Waals surface area contributed by atoms with Crippen LogP contribution in [0, 0.1) is 13.8 Å². The maximum absolute atomic E-state index is 13.1. The van der Waals surface area contributed by atoms with Crippen LogP contribution in [-0.4, -0.2) is 49.1 Å². The van der Waals surface area contributed by atoms with Crippen LogP contribution in [-0.2, 0) is 10.0 Å². The number of rotatable bonds is 5. The van der Waals surface area contributed by atoms with E-state index in [2.05, 4.69) is 47.1 Å². The lowest BCUT2D eigenvalue weighted by atomic mass is 10.1. The number of hydrogen-bond donors (Lipinski definition) is 0. The molecular weight excluding hydrogens is 404 g/mol. The molecule has 0 unspecified atom stereocenters. The first-order valence-corrected chi connectivity index (χ1v) is 11.6. The van der Waals surface area contributed by atoms with Crippen LogP contribution in [0.4, 0.5) is 5.69 Å². The smallest absolute Gasteiger partial charge is 0.276 e. The maximum atomic E-state index is 13.1. The van der Waals surface area contributed by atoms with Crippen molar-refractivity contribution in [3.8, 4) is 11.5 Å². The molecule has 0 N–H and O–H groups in total. The standard InChI is InChI=1S/C21H24N4O4S/c1-14-3-4-15(2)18(11-14)24-7-9-25(10-8-24)30(26,27)19-12-17(13-28-19)21-23-22-20(29-21)16-5-6-16/h3-4,11-13,16H,5-10H2,1-2H3. The van der Waals surface area contributed by atoms with Crippen molar-refractivity contribution in [2.45, 2.75) is 37.7 Å². The Kier molecular flexibility index (Phi) is 4.67. The quantitative estimate of drug-likeness (QED) is 0.615. The highest BCUT2D eigenvalue weighted by molar-refractivity contribution is 7.89. The summed E-state index contributed by atoms with van der Waals surface area (Å²) in [5.41, 5.74) is 4.04. The zero-order chi connectivity index (χ0) is 20.9. The van der Waals surface area contributed by atoms with Gasteiger partial charge in [-0.25, -0.2) is 8.42 Å². The van der Waals surface area contributed by atoms with E-state index in [1.165, 1.54) is 27.8 Å². The van der Waals surface area contributed by atoms with Gasteiger partial charge in [0.15, 0.2) is 0 Å². The fourth-order valence-corrected chi connectivity index (χ4v) is 5.11. The van der Waals surface area contributed by atoms with Crippen LogP contribution in [0.3, 0.4) is 0 Å². The van der Waals surface area contributed by atoms with E-state index in [0.29, 0.717) is 49.4 Å². The summed E-state index contributed by atoms with van der Waals surface area (Å²) in [5.74, 6) is 1.25. The van der Waals surface area contributed by atoms with E-state index in [9.17, 15) is 8.42 Å². The predicted octanol–water partition coefficient (Wildman–Crippen LogP) is 3.33. The molecule has 9 heteroatoms. The average molecular weight is 429 g/mol. The Labute approximate surface area is 175 Å². The van der Waals surface area contributed by atoms with E-state index in [4.69, 9.17) is 8.83 Å². The first kappa shape index (κ1) is 19.3. The van der Waals surface area contributed by atoms with Gasteiger partial charge in [-0.1, -0.05) is 12.1 Å². The third kappa shape index (κ3) is 3.52. The van der Waals surface area contributed by atoms with Gasteiger partial charge in [-0.15, -0.1) is 10.2 Å². The second kappa shape index (κ2) is 7.24. The molecule has 3 aromatic rings. The number of hydrogen-bond acceptors (Lipinski definition) is 7. The van der Waals surface area contributed by atoms with Crippen LogP contribution in [0.2, 0.25) is 0 Å². The highest BCUT2D eigenvalue weighted by Crippen LogP contribution is 2.40. The molecule has 0 bridgehead atoms. The third-order valence-corrected chi connectivity index (χ3v) is 7.50. The molecule has 1 aliphatic carbocycles. The molecule has 3 heterocycles. The highest BCUT2D eigenvalue weighted by atomic mass is 32.2. The van der Waals surface area contributed by atoms with Crippen molar-refractivity contribution in [3.05, 3.63) is 47.5 Å². The predicted molar refractivity (Wildman–Crippen MR) is 111 cm³/mol. The van der Waals surface area contributed by atoms with Gasteiger partial charge < -0.3 is 13.7 Å². The van der Waals surface area contributed by atoms with Crippen molar-refractivity contribution in [2.24, 2.45) is 0 Å². The zero-order valence-electron chi connectivity index (χ0n) is 17.0. The second-order valence-corrected chi connectivity index (χ2v) is 9.92. The summed E-state index contributed by atoms with van der Waals surface area (Å²) in [6, 6.07) is 7.81. The van der Waals surface area contributed by atoms with Gasteiger partial charge >= 0.3 is 0 Å². The van der Waals surface area contributed by atoms with Crippen molar-refractivity contribution in [1.82, 2.24) is 14.5 Å². The van der Waals surface area contributed by atoms with Crippen LogP contribution in [0.1, 0.15) is 35.8 Å². The van der Waals surface area contributed by atoms with E-state index in [0.717, 1.165) is 18.5 Å². The summed E-state index contributed by atoms with van der Waals surface area (Å²) in [7, 11) is -3.72. The minimum atomic E-state index is -3.72. The molecule has 30 heavy (non-hydrogen) atoms. The van der Waals surface area contributed by atoms with Crippen LogP contribution in [0.5, 0.6) is 0 Å². The lowest BCUT2D eigenvalue weighted by Crippen LogP contribution is -2.48. The van der Waals surface area contributed by atoms with Crippen LogP contribution >= 0.6 is 0 Å². The van der Waals surface area contributed by atoms with E-state index < -0.39 is 10.0 Å². The molecule has 0 spiro atoms. The Morgan fingerprint density at radius 1 is 1.03 bits per heavy atom. The van der Waals surface area contributed by atoms with E-state index >= 15 is 0 Å². The Bertz CT molecular complexity index is 1170. The Morgan fingerprint density at radius 3 is 2.53 bits per heavy atom. The van der Waals surface area contributed by atoms with E-state index in [1.807, 2.05) is 0 Å². The number of sulfonamides is 1. The van der Waals surface area contributed by atoms with Gasteiger partial charge in [-0.3, -0.25) is 0 Å². The third-order valence-electron chi connectivity index (χ3n) is 5.73. The fourth-order valence-electron chi connectivity index (χ4n) is 3.77. The van der Waals surface area contributed by atoms with Crippen molar-refractivity contribution >= 4 is 15.7 Å². The zero-order valence-corrected chi connectivity index (χ0v) is 17.9. The molecule has 8 nitrogen and oxygen atoms in total. The van der Waals surface area contributed by atoms with E-state index in [1.54, 1.807) is 0 Å². The summed E-state index contributed by atoms with van der Waals surface area (Å²) in [6.07, 6.45) is 3.48. The molecule has 0 radical (unpaired) electrons. The summed E-state index contributed by atoms with van der Waals surface area (Å²) in [6.45, 7) is 6.21. The molecule has 2 aromatic heterocycles. The molecule has 158 valence electrons. The normalized spacial score (nSPS) is 18.1. The van der Waals surface area contributed by atoms with Crippen LogP contribution < -0.4 is 4.90 Å². The van der Waals surface area contributed by atoms with Gasteiger partial charge in [0.05, 0.1) is 5.56 Å². The molecule has 1 aliphatic heterocycles. The number of furan rings is 1. The molecule has 0 amide bonds. The van der Waals surface area contributed by atoms with Crippen molar-refractivity contribution in [3.63, 3.8) is 0 Å². The molecule has 1 aromatic carbocycles. The van der Waals surface area contributed by atoms with Crippen LogP contribution in [0.25, 0.3) is 11.5 Å². The van der Waals surface area contributed by atoms with Gasteiger partial charge in [-0.2, -0.15) is 4.31 Å². The molecule has 2 aliphatic rings. The SMILES string of the molecule is Cc1ccc(C)c(N2CCN(S(=O)(=O)c3cc(-c4nnc(C5CC5)o4)co3)CC2)c1. The summed E-state index contributed by atoms with van der Waals surface area (Å²) in [4.78, 5) is 2.24. The largest absolute Gasteiger partial charge is 0.451 e. The van der Waals surface area contributed by atoms with E-state index in [-0.39, 0.29) is 5.09 Å². The van der Waals surface area contributed by atoms with Crippen molar-refractivity contribution < 1.29 is 17.3 Å². The summed E-state index contributed by atoms with van der Waals surface area (Å²) < 4.78 is 38.7. The number of benzene rings is 1. The molecule has 0 atom stereocenters. The fraction of sp³-hybridized carbons (Fsp3) is 0.429. The minimum absolute atomic E-state index is 0.0936. The topological polar surface area (TPSA) is 92.7 Å². The molecule has 1 saturated carbocycles. The number of aryl methyl sites for hydroxylation is 2. The minimum Gasteiger partial charge on any atom is -0.451 e. The number of piperazine rings is 1. The molecular formula is C21H24N4O4S. The Hall–Kier alpha value is -2.65. The first-order valence-electron chi connectivity index (χ1n) is 10.2. The molecule has 1 saturated heterocycles. The maximum Gasteiger partial charge on any atom is 0.276 e. The number of aromatic nitrogens is 2. The number of anilines is 1. The Morgan fingerprint density at radius 2 is 1.80 bits per heavy atom. The molecule has 5 rings (SSSR count). The summed E-state index contributed by atoms with van der Waals surface area (Å²) in [5, 5.41) is 7.97. The Balaban J connectivity index is 1.30. The van der Waals surface area contributed by atoms with Gasteiger partial charge in [-0.05, 0) is 43.9 Å². The first-order chi connectivity index (χ1) is 14.4. The van der Waals surface area contributed by atoms with Crippen molar-refractivity contribution in [1.29, 1.82) is 0 Å². The van der Waals surface area contributed by atoms with Crippen molar-refractivity contribution in [2.75, 3.05) is 31.1 Å². The molecule has 2 fully saturated rings.